The summed E-state index contributed by atoms with van der Waals surface area (Å²) in [5.41, 5.74) is 2.03. The van der Waals surface area contributed by atoms with Crippen molar-refractivity contribution in [2.75, 3.05) is 5.32 Å². The third-order valence-corrected chi connectivity index (χ3v) is 3.57. The molecule has 1 aromatic carbocycles. The van der Waals surface area contributed by atoms with Crippen LogP contribution in [0.15, 0.2) is 36.7 Å². The van der Waals surface area contributed by atoms with Gasteiger partial charge in [-0.1, -0.05) is 22.2 Å². The van der Waals surface area contributed by atoms with Gasteiger partial charge in [0.25, 0.3) is 0 Å². The van der Waals surface area contributed by atoms with Crippen LogP contribution < -0.4 is 5.32 Å². The van der Waals surface area contributed by atoms with Crippen molar-refractivity contribution in [1.82, 2.24) is 14.6 Å². The molecule has 2 heterocycles. The van der Waals surface area contributed by atoms with E-state index in [1.807, 2.05) is 24.3 Å². The largest absolute Gasteiger partial charge is 0.370 e. The van der Waals surface area contributed by atoms with Crippen LogP contribution in [0.1, 0.15) is 5.56 Å². The maximum absolute atomic E-state index is 6.15. The van der Waals surface area contributed by atoms with Crippen LogP contribution in [0.4, 0.5) is 5.00 Å². The van der Waals surface area contributed by atoms with Crippen LogP contribution in [0.2, 0.25) is 5.02 Å². The highest BCUT2D eigenvalue weighted by molar-refractivity contribution is 7.09. The molecule has 0 saturated carbocycles. The molecule has 2 aromatic heterocycles. The zero-order valence-corrected chi connectivity index (χ0v) is 10.9. The first kappa shape index (κ1) is 11.4. The zero-order valence-electron chi connectivity index (χ0n) is 9.30. The quantitative estimate of drug-likeness (QED) is 0.797. The molecule has 0 amide bonds. The van der Waals surface area contributed by atoms with Crippen molar-refractivity contribution in [1.29, 1.82) is 0 Å². The van der Waals surface area contributed by atoms with E-state index in [2.05, 4.69) is 19.9 Å². The van der Waals surface area contributed by atoms with E-state index in [4.69, 9.17) is 11.6 Å². The van der Waals surface area contributed by atoms with Gasteiger partial charge in [0.15, 0.2) is 0 Å². The monoisotopic (exact) mass is 276 g/mol. The standard InChI is InChI=1S/C12H9ClN4S/c13-10-4-3-8(6-15-11-7-16-17-18-11)12-9(10)2-1-5-14-12/h1-5,7,15H,6H2. The minimum absolute atomic E-state index is 0.675. The lowest BCUT2D eigenvalue weighted by Crippen LogP contribution is -1.99. The summed E-state index contributed by atoms with van der Waals surface area (Å²) < 4.78 is 3.80. The van der Waals surface area contributed by atoms with Gasteiger partial charge in [-0.05, 0) is 23.8 Å². The van der Waals surface area contributed by atoms with E-state index in [-0.39, 0.29) is 0 Å². The highest BCUT2D eigenvalue weighted by Gasteiger charge is 2.05. The minimum atomic E-state index is 0.675. The van der Waals surface area contributed by atoms with Crippen LogP contribution in [0.5, 0.6) is 0 Å². The molecule has 4 nitrogen and oxygen atoms in total. The van der Waals surface area contributed by atoms with Gasteiger partial charge in [0.2, 0.25) is 0 Å². The molecular formula is C12H9ClN4S. The SMILES string of the molecule is Clc1ccc(CNc2cnns2)c2ncccc12. The third kappa shape index (κ3) is 2.14. The van der Waals surface area contributed by atoms with Crippen LogP contribution >= 0.6 is 23.1 Å². The summed E-state index contributed by atoms with van der Waals surface area (Å²) in [6.45, 7) is 0.675. The van der Waals surface area contributed by atoms with Gasteiger partial charge in [0.05, 0.1) is 11.7 Å². The van der Waals surface area contributed by atoms with Gasteiger partial charge in [-0.2, -0.15) is 0 Å². The van der Waals surface area contributed by atoms with Gasteiger partial charge in [-0.3, -0.25) is 4.98 Å². The average molecular weight is 277 g/mol. The van der Waals surface area contributed by atoms with Crippen molar-refractivity contribution in [3.05, 3.63) is 47.2 Å². The number of hydrogen-bond donors (Lipinski definition) is 1. The maximum Gasteiger partial charge on any atom is 0.130 e. The van der Waals surface area contributed by atoms with Crippen LogP contribution in [0, 0.1) is 0 Å². The lowest BCUT2D eigenvalue weighted by atomic mass is 10.1. The fourth-order valence-corrected chi connectivity index (χ4v) is 2.40. The van der Waals surface area contributed by atoms with E-state index in [0.717, 1.165) is 26.5 Å². The molecule has 18 heavy (non-hydrogen) atoms. The number of hydrogen-bond acceptors (Lipinski definition) is 5. The summed E-state index contributed by atoms with van der Waals surface area (Å²) in [5, 5.41) is 9.68. The Kier molecular flexibility index (Phi) is 3.08. The topological polar surface area (TPSA) is 50.7 Å². The van der Waals surface area contributed by atoms with Crippen LogP contribution in [-0.2, 0) is 6.54 Å². The summed E-state index contributed by atoms with van der Waals surface area (Å²) in [6, 6.07) is 7.74. The number of rotatable bonds is 3. The third-order valence-electron chi connectivity index (χ3n) is 2.61. The molecule has 0 aliphatic heterocycles. The average Bonchev–Trinajstić information content (AvgIpc) is 2.92. The highest BCUT2D eigenvalue weighted by atomic mass is 35.5. The molecule has 90 valence electrons. The Labute approximate surface area is 113 Å². The Hall–Kier alpha value is -1.72. The fourth-order valence-electron chi connectivity index (χ4n) is 1.77. The van der Waals surface area contributed by atoms with Gasteiger partial charge in [-0.15, -0.1) is 5.10 Å². The molecule has 0 fully saturated rings. The normalized spacial score (nSPS) is 10.7. The lowest BCUT2D eigenvalue weighted by Gasteiger charge is -2.07. The molecule has 0 radical (unpaired) electrons. The van der Waals surface area contributed by atoms with Crippen molar-refractivity contribution >= 4 is 39.0 Å². The second kappa shape index (κ2) is 4.88. The number of halogens is 1. The van der Waals surface area contributed by atoms with Crippen LogP contribution in [0.25, 0.3) is 10.9 Å². The number of anilines is 1. The first-order valence-electron chi connectivity index (χ1n) is 5.38. The molecule has 0 aliphatic rings. The first-order valence-corrected chi connectivity index (χ1v) is 6.53. The number of nitrogens with one attached hydrogen (secondary N) is 1. The Morgan fingerprint density at radius 1 is 1.28 bits per heavy atom. The first-order chi connectivity index (χ1) is 8.84. The molecule has 0 atom stereocenters. The summed E-state index contributed by atoms with van der Waals surface area (Å²) in [4.78, 5) is 4.39. The zero-order chi connectivity index (χ0) is 12.4. The molecule has 1 N–H and O–H groups in total. The number of benzene rings is 1. The predicted octanol–water partition coefficient (Wildman–Crippen LogP) is 3.35. The second-order valence-corrected chi connectivity index (χ2v) is 4.93. The second-order valence-electron chi connectivity index (χ2n) is 3.74. The van der Waals surface area contributed by atoms with Gasteiger partial charge in [0.1, 0.15) is 5.00 Å². The Morgan fingerprint density at radius 2 is 2.22 bits per heavy atom. The number of pyridine rings is 1. The summed E-state index contributed by atoms with van der Waals surface area (Å²) in [5.74, 6) is 0. The molecule has 0 spiro atoms. The molecular weight excluding hydrogens is 268 g/mol. The molecule has 6 heteroatoms. The highest BCUT2D eigenvalue weighted by Crippen LogP contribution is 2.25. The van der Waals surface area contributed by atoms with Crippen molar-refractivity contribution < 1.29 is 0 Å². The van der Waals surface area contributed by atoms with Crippen LogP contribution in [0.3, 0.4) is 0 Å². The van der Waals surface area contributed by atoms with Gasteiger partial charge >= 0.3 is 0 Å². The summed E-state index contributed by atoms with van der Waals surface area (Å²) in [6.07, 6.45) is 3.48. The predicted molar refractivity (Wildman–Crippen MR) is 74.0 cm³/mol. The number of aromatic nitrogens is 3. The summed E-state index contributed by atoms with van der Waals surface area (Å²) >= 11 is 7.48. The Morgan fingerprint density at radius 3 is 3.06 bits per heavy atom. The summed E-state index contributed by atoms with van der Waals surface area (Å²) in [7, 11) is 0. The minimum Gasteiger partial charge on any atom is -0.370 e. The van der Waals surface area contributed by atoms with Crippen molar-refractivity contribution in [3.63, 3.8) is 0 Å². The molecule has 0 unspecified atom stereocenters. The molecule has 3 aromatic rings. The van der Waals surface area contributed by atoms with E-state index in [0.29, 0.717) is 6.54 Å². The van der Waals surface area contributed by atoms with Crippen molar-refractivity contribution in [2.24, 2.45) is 0 Å². The van der Waals surface area contributed by atoms with Crippen LogP contribution in [-0.4, -0.2) is 14.6 Å². The van der Waals surface area contributed by atoms with E-state index < -0.39 is 0 Å². The van der Waals surface area contributed by atoms with E-state index in [1.54, 1.807) is 12.4 Å². The lowest BCUT2D eigenvalue weighted by molar-refractivity contribution is 1.14. The Bertz CT molecular complexity index is 669. The van der Waals surface area contributed by atoms with Crippen molar-refractivity contribution in [2.45, 2.75) is 6.54 Å². The molecule has 3 rings (SSSR count). The molecule has 0 bridgehead atoms. The van der Waals surface area contributed by atoms with Gasteiger partial charge < -0.3 is 5.32 Å². The fraction of sp³-hybridized carbons (Fsp3) is 0.0833. The molecule has 0 aliphatic carbocycles. The smallest absolute Gasteiger partial charge is 0.130 e. The number of nitrogens with zero attached hydrogens (tertiary/aromatic N) is 3. The molecule has 0 saturated heterocycles. The van der Waals surface area contributed by atoms with Gasteiger partial charge in [0, 0.05) is 34.7 Å². The van der Waals surface area contributed by atoms with E-state index in [1.165, 1.54) is 11.5 Å². The van der Waals surface area contributed by atoms with Crippen molar-refractivity contribution in [3.8, 4) is 0 Å². The number of fused-ring (bicyclic) bond motifs is 1. The van der Waals surface area contributed by atoms with E-state index in [9.17, 15) is 0 Å². The van der Waals surface area contributed by atoms with Gasteiger partial charge in [-0.25, -0.2) is 0 Å². The van der Waals surface area contributed by atoms with E-state index >= 15 is 0 Å². The maximum atomic E-state index is 6.15. The Balaban J connectivity index is 1.94.